The average Bonchev–Trinajstić information content (AvgIpc) is 2.65. The standard InChI is InChI=1S/C19H31N3O2.HI/c1-20-18(21-13-14-23-2)22-15-19(11-5-4-6-12-19)16-7-9-17(24-3)10-8-16;/h7-10H,4-6,11-15H2,1-3H3,(H2,20,21,22);1H. The van der Waals surface area contributed by atoms with Crippen molar-refractivity contribution in [2.75, 3.05) is 41.0 Å². The highest BCUT2D eigenvalue weighted by molar-refractivity contribution is 14.0. The fraction of sp³-hybridized carbons (Fsp3) is 0.632. The highest BCUT2D eigenvalue weighted by Crippen LogP contribution is 2.39. The smallest absolute Gasteiger partial charge is 0.191 e. The van der Waals surface area contributed by atoms with Crippen LogP contribution in [0.15, 0.2) is 29.3 Å². The molecule has 0 radical (unpaired) electrons. The number of rotatable bonds is 7. The van der Waals surface area contributed by atoms with Gasteiger partial charge in [0.2, 0.25) is 0 Å². The van der Waals surface area contributed by atoms with Gasteiger partial charge in [0, 0.05) is 32.7 Å². The number of hydrogen-bond acceptors (Lipinski definition) is 3. The van der Waals surface area contributed by atoms with Crippen molar-refractivity contribution in [2.45, 2.75) is 37.5 Å². The summed E-state index contributed by atoms with van der Waals surface area (Å²) in [7, 11) is 5.23. The van der Waals surface area contributed by atoms with E-state index >= 15 is 0 Å². The Hall–Kier alpha value is -1.02. The van der Waals surface area contributed by atoms with Crippen LogP contribution in [0.4, 0.5) is 0 Å². The summed E-state index contributed by atoms with van der Waals surface area (Å²) in [5.74, 6) is 1.75. The van der Waals surface area contributed by atoms with E-state index < -0.39 is 0 Å². The van der Waals surface area contributed by atoms with E-state index in [0.717, 1.165) is 24.8 Å². The molecule has 0 aliphatic heterocycles. The first kappa shape index (κ1) is 22.0. The van der Waals surface area contributed by atoms with Crippen LogP contribution in [0.1, 0.15) is 37.7 Å². The Kier molecular flexibility index (Phi) is 10.2. The molecular formula is C19H32IN3O2. The molecule has 2 rings (SSSR count). The first-order valence-electron chi connectivity index (χ1n) is 8.82. The van der Waals surface area contributed by atoms with Gasteiger partial charge in [0.25, 0.3) is 0 Å². The number of hydrogen-bond donors (Lipinski definition) is 2. The van der Waals surface area contributed by atoms with E-state index in [-0.39, 0.29) is 29.4 Å². The van der Waals surface area contributed by atoms with E-state index in [1.165, 1.54) is 37.7 Å². The van der Waals surface area contributed by atoms with Crippen molar-refractivity contribution < 1.29 is 9.47 Å². The van der Waals surface area contributed by atoms with Crippen molar-refractivity contribution in [3.63, 3.8) is 0 Å². The topological polar surface area (TPSA) is 54.9 Å². The van der Waals surface area contributed by atoms with Crippen molar-refractivity contribution in [2.24, 2.45) is 4.99 Å². The molecule has 142 valence electrons. The lowest BCUT2D eigenvalue weighted by Crippen LogP contribution is -2.47. The number of benzene rings is 1. The van der Waals surface area contributed by atoms with Gasteiger partial charge in [-0.1, -0.05) is 31.4 Å². The Labute approximate surface area is 169 Å². The Morgan fingerprint density at radius 3 is 2.32 bits per heavy atom. The summed E-state index contributed by atoms with van der Waals surface area (Å²) < 4.78 is 10.4. The molecule has 1 aliphatic rings. The molecule has 6 heteroatoms. The Bertz CT molecular complexity index is 514. The second kappa shape index (κ2) is 11.6. The molecule has 1 saturated carbocycles. The molecule has 1 aromatic carbocycles. The fourth-order valence-corrected chi connectivity index (χ4v) is 3.49. The van der Waals surface area contributed by atoms with E-state index in [1.807, 2.05) is 7.05 Å². The minimum atomic E-state index is 0. The third kappa shape index (κ3) is 6.33. The second-order valence-electron chi connectivity index (χ2n) is 6.41. The largest absolute Gasteiger partial charge is 0.497 e. The molecule has 1 fully saturated rings. The zero-order valence-electron chi connectivity index (χ0n) is 15.6. The highest BCUT2D eigenvalue weighted by atomic mass is 127. The maximum absolute atomic E-state index is 5.30. The van der Waals surface area contributed by atoms with Crippen LogP contribution in [0.3, 0.4) is 0 Å². The molecule has 5 nitrogen and oxygen atoms in total. The quantitative estimate of drug-likeness (QED) is 0.283. The summed E-state index contributed by atoms with van der Waals surface area (Å²) in [5.41, 5.74) is 1.56. The molecule has 25 heavy (non-hydrogen) atoms. The zero-order valence-corrected chi connectivity index (χ0v) is 18.0. The molecule has 0 bridgehead atoms. The Morgan fingerprint density at radius 2 is 1.76 bits per heavy atom. The van der Waals surface area contributed by atoms with Gasteiger partial charge in [0.1, 0.15) is 5.75 Å². The van der Waals surface area contributed by atoms with E-state index in [0.29, 0.717) is 6.61 Å². The van der Waals surface area contributed by atoms with Gasteiger partial charge in [0.05, 0.1) is 13.7 Å². The molecule has 0 heterocycles. The normalized spacial score (nSPS) is 16.7. The van der Waals surface area contributed by atoms with Crippen molar-refractivity contribution >= 4 is 29.9 Å². The van der Waals surface area contributed by atoms with Gasteiger partial charge in [0.15, 0.2) is 5.96 Å². The number of nitrogens with zero attached hydrogens (tertiary/aromatic N) is 1. The van der Waals surface area contributed by atoms with Crippen LogP contribution in [0, 0.1) is 0 Å². The predicted molar refractivity (Wildman–Crippen MR) is 114 cm³/mol. The summed E-state index contributed by atoms with van der Waals surface area (Å²) in [5, 5.41) is 6.81. The van der Waals surface area contributed by atoms with Crippen molar-refractivity contribution in [3.05, 3.63) is 29.8 Å². The molecular weight excluding hydrogens is 429 g/mol. The summed E-state index contributed by atoms with van der Waals surface area (Å²) in [6, 6.07) is 8.56. The summed E-state index contributed by atoms with van der Waals surface area (Å²) in [6.07, 6.45) is 6.31. The monoisotopic (exact) mass is 461 g/mol. The molecule has 1 aliphatic carbocycles. The van der Waals surface area contributed by atoms with Crippen molar-refractivity contribution in [1.29, 1.82) is 0 Å². The van der Waals surface area contributed by atoms with Crippen molar-refractivity contribution in [3.8, 4) is 5.75 Å². The van der Waals surface area contributed by atoms with Crippen molar-refractivity contribution in [1.82, 2.24) is 10.6 Å². The number of ether oxygens (including phenoxy) is 2. The molecule has 1 aromatic rings. The van der Waals surface area contributed by atoms with E-state index in [9.17, 15) is 0 Å². The van der Waals surface area contributed by atoms with Gasteiger partial charge >= 0.3 is 0 Å². The third-order valence-corrected chi connectivity index (χ3v) is 4.93. The maximum atomic E-state index is 5.30. The van der Waals surface area contributed by atoms with Crippen LogP contribution in [-0.4, -0.2) is 46.9 Å². The number of aliphatic imine (C=N–C) groups is 1. The molecule has 0 saturated heterocycles. The van der Waals surface area contributed by atoms with Gasteiger partial charge in [-0.05, 0) is 30.5 Å². The second-order valence-corrected chi connectivity index (χ2v) is 6.41. The van der Waals surface area contributed by atoms with Gasteiger partial charge < -0.3 is 20.1 Å². The van der Waals surface area contributed by atoms with Crippen LogP contribution in [0.2, 0.25) is 0 Å². The van der Waals surface area contributed by atoms with Gasteiger partial charge in [-0.2, -0.15) is 0 Å². The Morgan fingerprint density at radius 1 is 1.08 bits per heavy atom. The molecule has 2 N–H and O–H groups in total. The average molecular weight is 461 g/mol. The van der Waals surface area contributed by atoms with Crippen LogP contribution in [0.25, 0.3) is 0 Å². The molecule has 0 atom stereocenters. The van der Waals surface area contributed by atoms with E-state index in [4.69, 9.17) is 9.47 Å². The summed E-state index contributed by atoms with van der Waals surface area (Å²) in [4.78, 5) is 4.32. The minimum absolute atomic E-state index is 0. The first-order chi connectivity index (χ1) is 11.7. The van der Waals surface area contributed by atoms with E-state index in [1.54, 1.807) is 14.2 Å². The van der Waals surface area contributed by atoms with Gasteiger partial charge in [-0.15, -0.1) is 24.0 Å². The molecule has 0 unspecified atom stereocenters. The lowest BCUT2D eigenvalue weighted by Gasteiger charge is -2.38. The number of methoxy groups -OCH3 is 2. The summed E-state index contributed by atoms with van der Waals surface area (Å²) >= 11 is 0. The fourth-order valence-electron chi connectivity index (χ4n) is 3.49. The SMILES string of the molecule is CN=C(NCCOC)NCC1(c2ccc(OC)cc2)CCCCC1.I. The number of nitrogens with one attached hydrogen (secondary N) is 2. The number of halogens is 1. The zero-order chi connectivity index (χ0) is 17.3. The third-order valence-electron chi connectivity index (χ3n) is 4.93. The predicted octanol–water partition coefficient (Wildman–Crippen LogP) is 3.33. The molecule has 0 amide bonds. The lowest BCUT2D eigenvalue weighted by atomic mass is 9.69. The van der Waals surface area contributed by atoms with Crippen LogP contribution in [-0.2, 0) is 10.2 Å². The van der Waals surface area contributed by atoms with Gasteiger partial charge in [-0.25, -0.2) is 0 Å². The molecule has 0 aromatic heterocycles. The maximum Gasteiger partial charge on any atom is 0.191 e. The lowest BCUT2D eigenvalue weighted by molar-refractivity contribution is 0.203. The molecule has 0 spiro atoms. The van der Waals surface area contributed by atoms with E-state index in [2.05, 4.69) is 39.9 Å². The van der Waals surface area contributed by atoms with Crippen LogP contribution >= 0.6 is 24.0 Å². The Balaban J connectivity index is 0.00000312. The first-order valence-corrected chi connectivity index (χ1v) is 8.82. The highest BCUT2D eigenvalue weighted by Gasteiger charge is 2.34. The van der Waals surface area contributed by atoms with Crippen LogP contribution < -0.4 is 15.4 Å². The van der Waals surface area contributed by atoms with Crippen LogP contribution in [0.5, 0.6) is 5.75 Å². The van der Waals surface area contributed by atoms with Gasteiger partial charge in [-0.3, -0.25) is 4.99 Å². The summed E-state index contributed by atoms with van der Waals surface area (Å²) in [6.45, 7) is 2.32. The minimum Gasteiger partial charge on any atom is -0.497 e. The number of guanidine groups is 1.